The molecule has 3 nitrogen and oxygen atoms in total. The maximum atomic E-state index is 12.0. The third-order valence-electron chi connectivity index (χ3n) is 4.81. The molecule has 3 heteroatoms. The van der Waals surface area contributed by atoms with Gasteiger partial charge >= 0.3 is 5.97 Å². The van der Waals surface area contributed by atoms with Crippen molar-refractivity contribution in [3.05, 3.63) is 77.1 Å². The lowest BCUT2D eigenvalue weighted by molar-refractivity contribution is 0.0592. The fourth-order valence-corrected chi connectivity index (χ4v) is 3.53. The molecule has 0 saturated heterocycles. The van der Waals surface area contributed by atoms with Crippen molar-refractivity contribution in [2.75, 3.05) is 7.11 Å². The second kappa shape index (κ2) is 5.27. The van der Waals surface area contributed by atoms with E-state index in [0.29, 0.717) is 17.5 Å². The highest BCUT2D eigenvalue weighted by atomic mass is 16.5. The Morgan fingerprint density at radius 3 is 2.57 bits per heavy atom. The fraction of sp³-hybridized carbons (Fsp3) is 0.250. The van der Waals surface area contributed by atoms with Crippen LogP contribution in [0, 0.1) is 6.92 Å². The summed E-state index contributed by atoms with van der Waals surface area (Å²) in [4.78, 5) is 12.0. The van der Waals surface area contributed by atoms with Crippen molar-refractivity contribution in [2.45, 2.75) is 25.2 Å². The number of aromatic nitrogens is 1. The Balaban J connectivity index is 1.71. The summed E-state index contributed by atoms with van der Waals surface area (Å²) in [5.74, 6) is 0.844. The van der Waals surface area contributed by atoms with Crippen LogP contribution in [0.2, 0.25) is 0 Å². The van der Waals surface area contributed by atoms with Gasteiger partial charge in [0.2, 0.25) is 0 Å². The molecule has 1 aliphatic rings. The minimum atomic E-state index is -0.282. The van der Waals surface area contributed by atoms with E-state index in [9.17, 15) is 4.79 Å². The number of carbonyl (C=O) groups is 1. The van der Waals surface area contributed by atoms with Gasteiger partial charge in [0.05, 0.1) is 7.11 Å². The Morgan fingerprint density at radius 1 is 1.09 bits per heavy atom. The maximum absolute atomic E-state index is 12.0. The van der Waals surface area contributed by atoms with Crippen molar-refractivity contribution in [1.82, 2.24) is 4.40 Å². The molecule has 1 saturated carbocycles. The Bertz CT molecular complexity index is 879. The van der Waals surface area contributed by atoms with Crippen LogP contribution in [0.5, 0.6) is 0 Å². The SMILES string of the molecule is COC(=O)c1c(C)cc2ccc([C@@H]3C[C@H]3c3ccccc3)cn12. The van der Waals surface area contributed by atoms with Crippen LogP contribution in [-0.4, -0.2) is 17.5 Å². The molecule has 0 aliphatic heterocycles. The van der Waals surface area contributed by atoms with Gasteiger partial charge in [-0.05, 0) is 54.0 Å². The van der Waals surface area contributed by atoms with Crippen molar-refractivity contribution >= 4 is 11.5 Å². The van der Waals surface area contributed by atoms with E-state index in [1.165, 1.54) is 24.7 Å². The molecule has 0 bridgehead atoms. The Morgan fingerprint density at radius 2 is 1.83 bits per heavy atom. The smallest absolute Gasteiger partial charge is 0.355 e. The molecular weight excluding hydrogens is 286 g/mol. The molecule has 4 rings (SSSR count). The average Bonchev–Trinajstić information content (AvgIpc) is 3.31. The van der Waals surface area contributed by atoms with Crippen molar-refractivity contribution < 1.29 is 9.53 Å². The molecule has 0 amide bonds. The lowest BCUT2D eigenvalue weighted by Gasteiger charge is -2.06. The second-order valence-corrected chi connectivity index (χ2v) is 6.28. The predicted molar refractivity (Wildman–Crippen MR) is 90.0 cm³/mol. The number of hydrogen-bond donors (Lipinski definition) is 0. The number of fused-ring (bicyclic) bond motifs is 1. The summed E-state index contributed by atoms with van der Waals surface area (Å²) in [5.41, 5.74) is 5.29. The fourth-order valence-electron chi connectivity index (χ4n) is 3.53. The third kappa shape index (κ3) is 2.33. The van der Waals surface area contributed by atoms with E-state index < -0.39 is 0 Å². The summed E-state index contributed by atoms with van der Waals surface area (Å²) in [7, 11) is 1.43. The van der Waals surface area contributed by atoms with Gasteiger partial charge in [0.1, 0.15) is 5.69 Å². The second-order valence-electron chi connectivity index (χ2n) is 6.28. The summed E-state index contributed by atoms with van der Waals surface area (Å²) >= 11 is 0. The largest absolute Gasteiger partial charge is 0.464 e. The lowest BCUT2D eigenvalue weighted by Crippen LogP contribution is -2.07. The molecule has 0 spiro atoms. The Hall–Kier alpha value is -2.55. The van der Waals surface area contributed by atoms with Gasteiger partial charge in [-0.2, -0.15) is 0 Å². The molecule has 2 aromatic heterocycles. The van der Waals surface area contributed by atoms with E-state index in [2.05, 4.69) is 48.7 Å². The van der Waals surface area contributed by atoms with Crippen molar-refractivity contribution in [3.63, 3.8) is 0 Å². The van der Waals surface area contributed by atoms with Gasteiger partial charge < -0.3 is 9.14 Å². The van der Waals surface area contributed by atoms with Gasteiger partial charge in [-0.1, -0.05) is 36.4 Å². The van der Waals surface area contributed by atoms with E-state index in [1.54, 1.807) is 0 Å². The molecule has 116 valence electrons. The summed E-state index contributed by atoms with van der Waals surface area (Å²) in [5, 5.41) is 0. The zero-order valence-electron chi connectivity index (χ0n) is 13.3. The summed E-state index contributed by atoms with van der Waals surface area (Å²) in [6.45, 7) is 1.95. The molecule has 0 radical (unpaired) electrons. The summed E-state index contributed by atoms with van der Waals surface area (Å²) in [6, 6.07) is 16.9. The number of aryl methyl sites for hydroxylation is 1. The Labute approximate surface area is 135 Å². The minimum absolute atomic E-state index is 0.282. The van der Waals surface area contributed by atoms with Gasteiger partial charge in [-0.3, -0.25) is 0 Å². The molecule has 1 aliphatic carbocycles. The molecule has 3 aromatic rings. The monoisotopic (exact) mass is 305 g/mol. The number of carbonyl (C=O) groups excluding carboxylic acids is 1. The maximum Gasteiger partial charge on any atom is 0.355 e. The number of methoxy groups -OCH3 is 1. The Kier molecular flexibility index (Phi) is 3.22. The molecular formula is C20H19NO2. The van der Waals surface area contributed by atoms with Crippen molar-refractivity contribution in [1.29, 1.82) is 0 Å². The topological polar surface area (TPSA) is 30.7 Å². The van der Waals surface area contributed by atoms with Crippen molar-refractivity contribution in [3.8, 4) is 0 Å². The molecule has 1 aromatic carbocycles. The zero-order valence-corrected chi connectivity index (χ0v) is 13.3. The standard InChI is InChI=1S/C20H19NO2/c1-13-10-16-9-8-15(12-21(16)19(13)20(22)23-2)18-11-17(18)14-6-4-3-5-7-14/h3-10,12,17-18H,11H2,1-2H3/t17-,18-/m0/s1. The first-order valence-corrected chi connectivity index (χ1v) is 7.94. The molecule has 23 heavy (non-hydrogen) atoms. The van der Waals surface area contributed by atoms with Crippen LogP contribution in [0.15, 0.2) is 54.7 Å². The normalized spacial score (nSPS) is 19.7. The number of rotatable bonds is 3. The molecule has 0 N–H and O–H groups in total. The summed E-state index contributed by atoms with van der Waals surface area (Å²) < 4.78 is 6.90. The van der Waals surface area contributed by atoms with Crippen LogP contribution in [-0.2, 0) is 4.74 Å². The number of nitrogens with zero attached hydrogens (tertiary/aromatic N) is 1. The average molecular weight is 305 g/mol. The molecule has 0 unspecified atom stereocenters. The number of ether oxygens (including phenoxy) is 1. The quantitative estimate of drug-likeness (QED) is 0.675. The van der Waals surface area contributed by atoms with E-state index in [0.717, 1.165) is 11.1 Å². The van der Waals surface area contributed by atoms with Crippen LogP contribution in [0.1, 0.15) is 45.4 Å². The van der Waals surface area contributed by atoms with Gasteiger partial charge in [0, 0.05) is 11.7 Å². The van der Waals surface area contributed by atoms with Gasteiger partial charge in [-0.15, -0.1) is 0 Å². The van der Waals surface area contributed by atoms with Gasteiger partial charge in [-0.25, -0.2) is 4.79 Å². The molecule has 2 atom stereocenters. The molecule has 2 heterocycles. The number of hydrogen-bond acceptors (Lipinski definition) is 2. The van der Waals surface area contributed by atoms with Crippen LogP contribution < -0.4 is 0 Å². The van der Waals surface area contributed by atoms with E-state index in [4.69, 9.17) is 4.74 Å². The first kappa shape index (κ1) is 14.1. The molecule has 1 fully saturated rings. The predicted octanol–water partition coefficient (Wildman–Crippen LogP) is 4.31. The first-order valence-electron chi connectivity index (χ1n) is 7.94. The van der Waals surface area contributed by atoms with Crippen LogP contribution in [0.3, 0.4) is 0 Å². The van der Waals surface area contributed by atoms with Crippen molar-refractivity contribution in [2.24, 2.45) is 0 Å². The number of esters is 1. The number of pyridine rings is 1. The highest BCUT2D eigenvalue weighted by Crippen LogP contribution is 2.54. The van der Waals surface area contributed by atoms with Gasteiger partial charge in [0.15, 0.2) is 0 Å². The zero-order chi connectivity index (χ0) is 16.0. The highest BCUT2D eigenvalue weighted by molar-refractivity contribution is 5.91. The van der Waals surface area contributed by atoms with Gasteiger partial charge in [0.25, 0.3) is 0 Å². The van der Waals surface area contributed by atoms with Crippen LogP contribution >= 0.6 is 0 Å². The highest BCUT2D eigenvalue weighted by Gasteiger charge is 2.39. The van der Waals surface area contributed by atoms with E-state index >= 15 is 0 Å². The number of benzene rings is 1. The van der Waals surface area contributed by atoms with E-state index in [1.807, 2.05) is 17.4 Å². The lowest BCUT2D eigenvalue weighted by atomic mass is 10.1. The van der Waals surface area contributed by atoms with E-state index in [-0.39, 0.29) is 5.97 Å². The van der Waals surface area contributed by atoms with Crippen LogP contribution in [0.25, 0.3) is 5.52 Å². The minimum Gasteiger partial charge on any atom is -0.464 e. The van der Waals surface area contributed by atoms with Crippen LogP contribution in [0.4, 0.5) is 0 Å². The first-order chi connectivity index (χ1) is 11.2. The summed E-state index contributed by atoms with van der Waals surface area (Å²) in [6.07, 6.45) is 3.27. The third-order valence-corrected chi connectivity index (χ3v) is 4.81.